The maximum absolute atomic E-state index is 14.4. The van der Waals surface area contributed by atoms with Gasteiger partial charge >= 0.3 is 5.97 Å². The summed E-state index contributed by atoms with van der Waals surface area (Å²) in [7, 11) is 0. The highest BCUT2D eigenvalue weighted by molar-refractivity contribution is 6.24. The summed E-state index contributed by atoms with van der Waals surface area (Å²) in [5.41, 5.74) is 0.724. The van der Waals surface area contributed by atoms with Gasteiger partial charge in [-0.2, -0.15) is 0 Å². The number of hydrogen-bond acceptors (Lipinski definition) is 5. The molecule has 2 aliphatic rings. The maximum atomic E-state index is 14.4. The highest BCUT2D eigenvalue weighted by atomic mass is 19.1. The Hall–Kier alpha value is -4.04. The first-order chi connectivity index (χ1) is 15.5. The molecule has 8 heteroatoms. The highest BCUT2D eigenvalue weighted by Crippen LogP contribution is 2.48. The average molecular weight is 432 g/mol. The van der Waals surface area contributed by atoms with Crippen LogP contribution in [0.1, 0.15) is 22.0 Å². The van der Waals surface area contributed by atoms with Crippen molar-refractivity contribution in [2.75, 3.05) is 9.96 Å². The SMILES string of the molecule is O=C(O)c1ccccc1[C@@H]1[C@H]2C(=O)N(c3ccccc3F)C(=O)[C@@H]2ON1c1ccccc1. The fourth-order valence-corrected chi connectivity index (χ4v) is 4.35. The molecular weight excluding hydrogens is 415 g/mol. The topological polar surface area (TPSA) is 87.2 Å². The third-order valence-corrected chi connectivity index (χ3v) is 5.73. The van der Waals surface area contributed by atoms with Crippen LogP contribution in [0.2, 0.25) is 0 Å². The monoisotopic (exact) mass is 432 g/mol. The van der Waals surface area contributed by atoms with E-state index in [1.54, 1.807) is 48.5 Å². The zero-order valence-electron chi connectivity index (χ0n) is 16.6. The molecule has 0 saturated carbocycles. The van der Waals surface area contributed by atoms with Crippen LogP contribution in [0.4, 0.5) is 15.8 Å². The highest BCUT2D eigenvalue weighted by Gasteiger charge is 2.61. The van der Waals surface area contributed by atoms with Gasteiger partial charge in [0.05, 0.1) is 23.0 Å². The Kier molecular flexibility index (Phi) is 4.71. The van der Waals surface area contributed by atoms with Crippen molar-refractivity contribution in [3.05, 3.63) is 95.8 Å². The molecule has 0 spiro atoms. The second kappa shape index (κ2) is 7.58. The van der Waals surface area contributed by atoms with Gasteiger partial charge in [0.2, 0.25) is 5.91 Å². The van der Waals surface area contributed by atoms with E-state index < -0.39 is 41.7 Å². The number of halogens is 1. The molecule has 0 aromatic heterocycles. The van der Waals surface area contributed by atoms with Crippen LogP contribution in [0.5, 0.6) is 0 Å². The summed E-state index contributed by atoms with van der Waals surface area (Å²) < 4.78 is 14.4. The predicted molar refractivity (Wildman–Crippen MR) is 112 cm³/mol. The lowest BCUT2D eigenvalue weighted by molar-refractivity contribution is -0.126. The zero-order chi connectivity index (χ0) is 22.4. The fraction of sp³-hybridized carbons (Fsp3) is 0.125. The Balaban J connectivity index is 1.65. The van der Waals surface area contributed by atoms with E-state index in [0.29, 0.717) is 11.3 Å². The Labute approximate surface area is 182 Å². The fourth-order valence-electron chi connectivity index (χ4n) is 4.35. The molecule has 2 heterocycles. The molecule has 3 aromatic rings. The third kappa shape index (κ3) is 2.96. The minimum Gasteiger partial charge on any atom is -0.478 e. The summed E-state index contributed by atoms with van der Waals surface area (Å²) in [5, 5.41) is 11.1. The predicted octanol–water partition coefficient (Wildman–Crippen LogP) is 3.58. The van der Waals surface area contributed by atoms with Gasteiger partial charge in [0.15, 0.2) is 6.10 Å². The van der Waals surface area contributed by atoms with Crippen molar-refractivity contribution < 1.29 is 28.7 Å². The van der Waals surface area contributed by atoms with Crippen molar-refractivity contribution in [2.45, 2.75) is 12.1 Å². The van der Waals surface area contributed by atoms with E-state index in [1.165, 1.54) is 35.4 Å². The minimum atomic E-state index is -1.21. The van der Waals surface area contributed by atoms with Crippen LogP contribution in [0.15, 0.2) is 78.9 Å². The van der Waals surface area contributed by atoms with Gasteiger partial charge in [-0.05, 0) is 35.9 Å². The number of hydroxylamine groups is 1. The molecule has 0 bridgehead atoms. The number of aromatic carboxylic acids is 1. The smallest absolute Gasteiger partial charge is 0.336 e. The molecule has 0 aliphatic carbocycles. The van der Waals surface area contributed by atoms with Gasteiger partial charge in [0.25, 0.3) is 5.91 Å². The standard InChI is InChI=1S/C24H17FN2O5/c25-17-12-6-7-13-18(17)26-22(28)19-20(15-10-4-5-11-16(15)24(30)31)27(32-21(19)23(26)29)14-8-2-1-3-9-14/h1-13,19-21H,(H,30,31)/t19-,20-,21-/m1/s1. The van der Waals surface area contributed by atoms with E-state index >= 15 is 0 Å². The van der Waals surface area contributed by atoms with Crippen LogP contribution >= 0.6 is 0 Å². The quantitative estimate of drug-likeness (QED) is 0.635. The molecule has 1 N–H and O–H groups in total. The molecule has 5 rings (SSSR count). The van der Waals surface area contributed by atoms with Crippen molar-refractivity contribution >= 4 is 29.2 Å². The van der Waals surface area contributed by atoms with Crippen molar-refractivity contribution in [2.24, 2.45) is 5.92 Å². The molecule has 0 unspecified atom stereocenters. The van der Waals surface area contributed by atoms with Crippen LogP contribution in [0.3, 0.4) is 0 Å². The van der Waals surface area contributed by atoms with Crippen LogP contribution in [0, 0.1) is 11.7 Å². The second-order valence-electron chi connectivity index (χ2n) is 7.51. The first-order valence-corrected chi connectivity index (χ1v) is 9.94. The second-order valence-corrected chi connectivity index (χ2v) is 7.51. The van der Waals surface area contributed by atoms with Crippen LogP contribution < -0.4 is 9.96 Å². The lowest BCUT2D eigenvalue weighted by atomic mass is 9.88. The molecule has 160 valence electrons. The van der Waals surface area contributed by atoms with E-state index in [0.717, 1.165) is 4.90 Å². The molecule has 3 atom stereocenters. The molecule has 2 aliphatic heterocycles. The molecule has 2 saturated heterocycles. The molecule has 3 aromatic carbocycles. The summed E-state index contributed by atoms with van der Waals surface area (Å²) in [6.07, 6.45) is -1.21. The molecule has 2 amide bonds. The average Bonchev–Trinajstić information content (AvgIpc) is 3.31. The normalized spacial score (nSPS) is 22.3. The van der Waals surface area contributed by atoms with Crippen molar-refractivity contribution in [3.8, 4) is 0 Å². The number of carbonyl (C=O) groups is 3. The summed E-state index contributed by atoms with van der Waals surface area (Å²) >= 11 is 0. The summed E-state index contributed by atoms with van der Waals surface area (Å²) in [4.78, 5) is 45.3. The first-order valence-electron chi connectivity index (χ1n) is 9.94. The Bertz CT molecular complexity index is 1230. The van der Waals surface area contributed by atoms with E-state index in [4.69, 9.17) is 4.84 Å². The Morgan fingerprint density at radius 2 is 1.53 bits per heavy atom. The third-order valence-electron chi connectivity index (χ3n) is 5.73. The summed E-state index contributed by atoms with van der Waals surface area (Å²) in [6, 6.07) is 19.7. The maximum Gasteiger partial charge on any atom is 0.336 e. The minimum absolute atomic E-state index is 0.00716. The van der Waals surface area contributed by atoms with Crippen LogP contribution in [-0.2, 0) is 14.4 Å². The van der Waals surface area contributed by atoms with Crippen LogP contribution in [0.25, 0.3) is 0 Å². The van der Waals surface area contributed by atoms with E-state index in [9.17, 15) is 23.9 Å². The van der Waals surface area contributed by atoms with Gasteiger partial charge in [0, 0.05) is 0 Å². The van der Waals surface area contributed by atoms with Gasteiger partial charge < -0.3 is 5.11 Å². The van der Waals surface area contributed by atoms with E-state index in [-0.39, 0.29) is 11.3 Å². The van der Waals surface area contributed by atoms with Gasteiger partial charge in [-0.15, -0.1) is 0 Å². The Morgan fingerprint density at radius 3 is 2.25 bits per heavy atom. The molecular formula is C24H17FN2O5. The summed E-state index contributed by atoms with van der Waals surface area (Å²) in [6.45, 7) is 0. The van der Waals surface area contributed by atoms with Crippen LogP contribution in [-0.4, -0.2) is 29.0 Å². The zero-order valence-corrected chi connectivity index (χ0v) is 16.6. The number of amides is 2. The number of fused-ring (bicyclic) bond motifs is 1. The molecule has 32 heavy (non-hydrogen) atoms. The summed E-state index contributed by atoms with van der Waals surface area (Å²) in [5.74, 6) is -4.27. The van der Waals surface area contributed by atoms with Gasteiger partial charge in [-0.1, -0.05) is 48.5 Å². The van der Waals surface area contributed by atoms with Crippen molar-refractivity contribution in [1.29, 1.82) is 0 Å². The van der Waals surface area contributed by atoms with Crippen molar-refractivity contribution in [1.82, 2.24) is 0 Å². The first kappa shape index (κ1) is 19.9. The number of imide groups is 1. The van der Waals surface area contributed by atoms with E-state index in [1.807, 2.05) is 0 Å². The lowest BCUT2D eigenvalue weighted by Gasteiger charge is -2.29. The number of anilines is 2. The number of rotatable bonds is 4. The van der Waals surface area contributed by atoms with Gasteiger partial charge in [-0.3, -0.25) is 14.4 Å². The molecule has 2 fully saturated rings. The molecule has 7 nitrogen and oxygen atoms in total. The Morgan fingerprint density at radius 1 is 0.875 bits per heavy atom. The number of para-hydroxylation sites is 2. The van der Waals surface area contributed by atoms with Gasteiger partial charge in [-0.25, -0.2) is 19.1 Å². The van der Waals surface area contributed by atoms with Gasteiger partial charge in [0.1, 0.15) is 11.7 Å². The number of hydrogen-bond donors (Lipinski definition) is 1. The number of nitrogens with zero attached hydrogens (tertiary/aromatic N) is 2. The largest absolute Gasteiger partial charge is 0.478 e. The number of benzene rings is 3. The van der Waals surface area contributed by atoms with E-state index in [2.05, 4.69) is 0 Å². The van der Waals surface area contributed by atoms with Crippen molar-refractivity contribution in [3.63, 3.8) is 0 Å². The number of carboxylic acids is 1. The number of carboxylic acid groups (broad SMARTS) is 1. The molecule has 0 radical (unpaired) electrons. The number of carbonyl (C=O) groups excluding carboxylic acids is 2. The lowest BCUT2D eigenvalue weighted by Crippen LogP contribution is -2.38.